The van der Waals surface area contributed by atoms with E-state index in [2.05, 4.69) is 38.1 Å². The maximum absolute atomic E-state index is 6.30. The molecule has 18 heavy (non-hydrogen) atoms. The Labute approximate surface area is 109 Å². The van der Waals surface area contributed by atoms with E-state index >= 15 is 0 Å². The third kappa shape index (κ3) is 2.49. The van der Waals surface area contributed by atoms with Crippen LogP contribution in [0, 0.1) is 13.8 Å². The summed E-state index contributed by atoms with van der Waals surface area (Å²) in [6.07, 6.45) is 0. The first kappa shape index (κ1) is 12.9. The standard InChI is InChI=1S/C16H21NO/c1-10(2)13-5-7-14(8-6-13)16(17)15-9-11(3)18-12(15)4/h5-10,16H,17H2,1-4H3. The van der Waals surface area contributed by atoms with Crippen molar-refractivity contribution in [1.29, 1.82) is 0 Å². The molecule has 0 bridgehead atoms. The van der Waals surface area contributed by atoms with Crippen LogP contribution in [0.15, 0.2) is 34.7 Å². The average Bonchev–Trinajstić information content (AvgIpc) is 2.67. The first-order valence-corrected chi connectivity index (χ1v) is 6.41. The Hall–Kier alpha value is -1.54. The van der Waals surface area contributed by atoms with E-state index in [1.165, 1.54) is 5.56 Å². The topological polar surface area (TPSA) is 39.2 Å². The summed E-state index contributed by atoms with van der Waals surface area (Å²) in [4.78, 5) is 0. The van der Waals surface area contributed by atoms with Gasteiger partial charge in [-0.25, -0.2) is 0 Å². The highest BCUT2D eigenvalue weighted by atomic mass is 16.3. The molecule has 2 N–H and O–H groups in total. The van der Waals surface area contributed by atoms with E-state index in [9.17, 15) is 0 Å². The molecule has 2 heteroatoms. The van der Waals surface area contributed by atoms with Crippen LogP contribution in [0.4, 0.5) is 0 Å². The lowest BCUT2D eigenvalue weighted by molar-refractivity contribution is 0.499. The van der Waals surface area contributed by atoms with Crippen molar-refractivity contribution < 1.29 is 4.42 Å². The Bertz CT molecular complexity index is 523. The molecule has 0 radical (unpaired) electrons. The van der Waals surface area contributed by atoms with Gasteiger partial charge >= 0.3 is 0 Å². The summed E-state index contributed by atoms with van der Waals surface area (Å²) < 4.78 is 5.54. The predicted octanol–water partition coefficient (Wildman–Crippen LogP) is 4.07. The summed E-state index contributed by atoms with van der Waals surface area (Å²) in [5, 5.41) is 0. The molecule has 2 nitrogen and oxygen atoms in total. The lowest BCUT2D eigenvalue weighted by Gasteiger charge is -2.13. The lowest BCUT2D eigenvalue weighted by Crippen LogP contribution is -2.12. The second kappa shape index (κ2) is 4.99. The highest BCUT2D eigenvalue weighted by Crippen LogP contribution is 2.26. The Morgan fingerprint density at radius 3 is 2.00 bits per heavy atom. The maximum atomic E-state index is 6.30. The van der Waals surface area contributed by atoms with Gasteiger partial charge in [0.05, 0.1) is 6.04 Å². The van der Waals surface area contributed by atoms with Crippen molar-refractivity contribution in [2.24, 2.45) is 5.73 Å². The molecule has 0 aliphatic carbocycles. The maximum Gasteiger partial charge on any atom is 0.106 e. The lowest BCUT2D eigenvalue weighted by atomic mass is 9.96. The minimum absolute atomic E-state index is 0.108. The normalized spacial score (nSPS) is 13.0. The van der Waals surface area contributed by atoms with Gasteiger partial charge in [-0.05, 0) is 37.0 Å². The fraction of sp³-hybridized carbons (Fsp3) is 0.375. The number of hydrogen-bond donors (Lipinski definition) is 1. The summed E-state index contributed by atoms with van der Waals surface area (Å²) >= 11 is 0. The van der Waals surface area contributed by atoms with Crippen LogP contribution < -0.4 is 5.73 Å². The van der Waals surface area contributed by atoms with Gasteiger partial charge in [0.15, 0.2) is 0 Å². The van der Waals surface area contributed by atoms with Crippen LogP contribution >= 0.6 is 0 Å². The van der Waals surface area contributed by atoms with Crippen molar-refractivity contribution >= 4 is 0 Å². The Balaban J connectivity index is 2.28. The quantitative estimate of drug-likeness (QED) is 0.882. The molecular formula is C16H21NO. The molecule has 0 fully saturated rings. The Kier molecular flexibility index (Phi) is 3.58. The zero-order valence-corrected chi connectivity index (χ0v) is 11.5. The van der Waals surface area contributed by atoms with E-state index in [0.29, 0.717) is 5.92 Å². The van der Waals surface area contributed by atoms with Gasteiger partial charge in [0.25, 0.3) is 0 Å². The predicted molar refractivity (Wildman–Crippen MR) is 74.7 cm³/mol. The molecule has 1 aromatic carbocycles. The van der Waals surface area contributed by atoms with Crippen molar-refractivity contribution in [3.05, 3.63) is 58.5 Å². The zero-order chi connectivity index (χ0) is 13.3. The highest BCUT2D eigenvalue weighted by molar-refractivity contribution is 5.35. The summed E-state index contributed by atoms with van der Waals surface area (Å²) in [6.45, 7) is 8.30. The summed E-state index contributed by atoms with van der Waals surface area (Å²) in [5.74, 6) is 2.37. The number of benzene rings is 1. The van der Waals surface area contributed by atoms with Crippen molar-refractivity contribution in [3.63, 3.8) is 0 Å². The van der Waals surface area contributed by atoms with E-state index in [4.69, 9.17) is 10.2 Å². The van der Waals surface area contributed by atoms with Crippen LogP contribution in [0.3, 0.4) is 0 Å². The van der Waals surface area contributed by atoms with Crippen molar-refractivity contribution in [2.75, 3.05) is 0 Å². The molecule has 0 spiro atoms. The van der Waals surface area contributed by atoms with E-state index in [0.717, 1.165) is 22.6 Å². The molecule has 1 unspecified atom stereocenters. The molecule has 0 aliphatic rings. The van der Waals surface area contributed by atoms with Gasteiger partial charge in [0.2, 0.25) is 0 Å². The summed E-state index contributed by atoms with van der Waals surface area (Å²) in [7, 11) is 0. The second-order valence-electron chi connectivity index (χ2n) is 5.17. The van der Waals surface area contributed by atoms with Gasteiger partial charge in [-0.2, -0.15) is 0 Å². The number of hydrogen-bond acceptors (Lipinski definition) is 2. The number of aryl methyl sites for hydroxylation is 2. The van der Waals surface area contributed by atoms with Crippen molar-refractivity contribution in [3.8, 4) is 0 Å². The smallest absolute Gasteiger partial charge is 0.106 e. The fourth-order valence-corrected chi connectivity index (χ4v) is 2.23. The fourth-order valence-electron chi connectivity index (χ4n) is 2.23. The van der Waals surface area contributed by atoms with Crippen molar-refractivity contribution in [2.45, 2.75) is 39.7 Å². The monoisotopic (exact) mass is 243 g/mol. The zero-order valence-electron chi connectivity index (χ0n) is 11.5. The van der Waals surface area contributed by atoms with Crippen LogP contribution in [0.25, 0.3) is 0 Å². The van der Waals surface area contributed by atoms with E-state index in [-0.39, 0.29) is 6.04 Å². The third-order valence-corrected chi connectivity index (χ3v) is 3.38. The SMILES string of the molecule is Cc1cc(C(N)c2ccc(C(C)C)cc2)c(C)o1. The van der Waals surface area contributed by atoms with Gasteiger partial charge < -0.3 is 10.2 Å². The number of nitrogens with two attached hydrogens (primary N) is 1. The number of rotatable bonds is 3. The second-order valence-corrected chi connectivity index (χ2v) is 5.17. The highest BCUT2D eigenvalue weighted by Gasteiger charge is 2.15. The average molecular weight is 243 g/mol. The van der Waals surface area contributed by atoms with Crippen LogP contribution in [-0.4, -0.2) is 0 Å². The summed E-state index contributed by atoms with van der Waals surface area (Å²) in [5.41, 5.74) is 9.84. The van der Waals surface area contributed by atoms with E-state index < -0.39 is 0 Å². The van der Waals surface area contributed by atoms with Crippen LogP contribution in [0.5, 0.6) is 0 Å². The van der Waals surface area contributed by atoms with Gasteiger partial charge in [-0.3, -0.25) is 0 Å². The Morgan fingerprint density at radius 1 is 1.00 bits per heavy atom. The molecule has 2 rings (SSSR count). The molecule has 0 saturated heterocycles. The van der Waals surface area contributed by atoms with Crippen LogP contribution in [0.1, 0.15) is 54.0 Å². The van der Waals surface area contributed by atoms with Crippen molar-refractivity contribution in [1.82, 2.24) is 0 Å². The molecule has 0 amide bonds. The van der Waals surface area contributed by atoms with Gasteiger partial charge in [0.1, 0.15) is 11.5 Å². The first-order valence-electron chi connectivity index (χ1n) is 6.41. The molecule has 0 aliphatic heterocycles. The first-order chi connectivity index (χ1) is 8.49. The Morgan fingerprint density at radius 2 is 1.56 bits per heavy atom. The molecular weight excluding hydrogens is 222 g/mol. The summed E-state index contributed by atoms with van der Waals surface area (Å²) in [6, 6.07) is 10.5. The van der Waals surface area contributed by atoms with Gasteiger partial charge in [0, 0.05) is 5.56 Å². The van der Waals surface area contributed by atoms with Gasteiger partial charge in [-0.15, -0.1) is 0 Å². The van der Waals surface area contributed by atoms with E-state index in [1.807, 2.05) is 19.9 Å². The van der Waals surface area contributed by atoms with E-state index in [1.54, 1.807) is 0 Å². The minimum atomic E-state index is -0.108. The third-order valence-electron chi connectivity index (χ3n) is 3.38. The van der Waals surface area contributed by atoms with Gasteiger partial charge in [-0.1, -0.05) is 38.1 Å². The molecule has 2 aromatic rings. The largest absolute Gasteiger partial charge is 0.466 e. The minimum Gasteiger partial charge on any atom is -0.466 e. The molecule has 1 heterocycles. The van der Waals surface area contributed by atoms with Crippen LogP contribution in [-0.2, 0) is 0 Å². The number of furan rings is 1. The molecule has 1 aromatic heterocycles. The molecule has 1 atom stereocenters. The molecule has 96 valence electrons. The molecule has 0 saturated carbocycles. The van der Waals surface area contributed by atoms with Crippen LogP contribution in [0.2, 0.25) is 0 Å².